The van der Waals surface area contributed by atoms with E-state index in [2.05, 4.69) is 6.92 Å². The third-order valence-corrected chi connectivity index (χ3v) is 4.13. The van der Waals surface area contributed by atoms with Crippen LogP contribution in [0.5, 0.6) is 0 Å². The van der Waals surface area contributed by atoms with Gasteiger partial charge in [0.1, 0.15) is 24.4 Å². The first-order valence-electron chi connectivity index (χ1n) is 8.54. The third kappa shape index (κ3) is 6.48. The van der Waals surface area contributed by atoms with Crippen LogP contribution in [0.3, 0.4) is 0 Å². The molecule has 0 aromatic heterocycles. The largest absolute Gasteiger partial charge is 0.394 e. The molecule has 1 saturated heterocycles. The smallest absolute Gasteiger partial charge is 0.184 e. The number of hydrogen-bond donors (Lipinski definition) is 4. The number of unbranched alkanes of at least 4 members (excludes halogenated alkanes) is 7. The maximum absolute atomic E-state index is 9.96. The van der Waals surface area contributed by atoms with Crippen LogP contribution in [-0.2, 0) is 9.47 Å². The van der Waals surface area contributed by atoms with E-state index < -0.39 is 37.3 Å². The summed E-state index contributed by atoms with van der Waals surface area (Å²) in [4.78, 5) is 0. The molecule has 0 saturated carbocycles. The van der Waals surface area contributed by atoms with Gasteiger partial charge in [-0.2, -0.15) is 0 Å². The average molecular weight is 320 g/mol. The Morgan fingerprint density at radius 3 is 2.18 bits per heavy atom. The maximum atomic E-state index is 9.96. The second kappa shape index (κ2) is 11.3. The van der Waals surface area contributed by atoms with Gasteiger partial charge in [-0.1, -0.05) is 51.9 Å². The van der Waals surface area contributed by atoms with E-state index in [1.54, 1.807) is 0 Å². The van der Waals surface area contributed by atoms with Crippen LogP contribution in [0.4, 0.5) is 0 Å². The fraction of sp³-hybridized carbons (Fsp3) is 1.00. The Kier molecular flexibility index (Phi) is 10.2. The highest BCUT2D eigenvalue weighted by Gasteiger charge is 2.46. The highest BCUT2D eigenvalue weighted by atomic mass is 16.7. The van der Waals surface area contributed by atoms with Crippen molar-refractivity contribution in [1.82, 2.24) is 0 Å². The molecule has 1 heterocycles. The predicted molar refractivity (Wildman–Crippen MR) is 82.3 cm³/mol. The molecule has 22 heavy (non-hydrogen) atoms. The molecule has 6 heteroatoms. The Balaban J connectivity index is 2.09. The number of rotatable bonds is 12. The van der Waals surface area contributed by atoms with Gasteiger partial charge >= 0.3 is 0 Å². The normalized spacial score (nSPS) is 29.9. The van der Waals surface area contributed by atoms with Crippen LogP contribution in [-0.4, -0.2) is 64.3 Å². The van der Waals surface area contributed by atoms with Crippen LogP contribution in [0.15, 0.2) is 0 Å². The molecule has 1 rings (SSSR count). The topological polar surface area (TPSA) is 99.4 Å². The summed E-state index contributed by atoms with van der Waals surface area (Å²) in [6.07, 6.45) is 4.00. The summed E-state index contributed by atoms with van der Waals surface area (Å²) >= 11 is 0. The first kappa shape index (κ1) is 19.8. The van der Waals surface area contributed by atoms with Crippen molar-refractivity contribution in [3.63, 3.8) is 0 Å². The van der Waals surface area contributed by atoms with Crippen molar-refractivity contribution in [2.75, 3.05) is 13.2 Å². The lowest BCUT2D eigenvalue weighted by Gasteiger charge is -2.20. The van der Waals surface area contributed by atoms with Crippen molar-refractivity contribution in [3.05, 3.63) is 0 Å². The highest BCUT2D eigenvalue weighted by Crippen LogP contribution is 2.25. The summed E-state index contributed by atoms with van der Waals surface area (Å²) in [5, 5.41) is 38.0. The van der Waals surface area contributed by atoms with Crippen LogP contribution in [0.25, 0.3) is 0 Å². The van der Waals surface area contributed by atoms with Crippen LogP contribution >= 0.6 is 0 Å². The first-order valence-corrected chi connectivity index (χ1v) is 8.54. The SMILES string of the molecule is CCCCCCCCCCO[C@@H]1[C@@H](O)[C@H]([C@H](O)CO)O[C@@H]1O. The van der Waals surface area contributed by atoms with E-state index in [4.69, 9.17) is 14.6 Å². The Labute approximate surface area is 133 Å². The van der Waals surface area contributed by atoms with Crippen molar-refractivity contribution in [2.24, 2.45) is 0 Å². The zero-order valence-corrected chi connectivity index (χ0v) is 13.6. The summed E-state index contributed by atoms with van der Waals surface area (Å²) in [7, 11) is 0. The second-order valence-corrected chi connectivity index (χ2v) is 6.04. The van der Waals surface area contributed by atoms with Crippen molar-refractivity contribution in [1.29, 1.82) is 0 Å². The molecule has 1 aliphatic rings. The molecule has 0 aromatic rings. The summed E-state index contributed by atoms with van der Waals surface area (Å²) in [6, 6.07) is 0. The Morgan fingerprint density at radius 1 is 1.00 bits per heavy atom. The van der Waals surface area contributed by atoms with E-state index in [1.807, 2.05) is 0 Å². The number of hydrogen-bond acceptors (Lipinski definition) is 6. The quantitative estimate of drug-likeness (QED) is 0.400. The minimum Gasteiger partial charge on any atom is -0.394 e. The van der Waals surface area contributed by atoms with Crippen LogP contribution in [0.2, 0.25) is 0 Å². The molecule has 0 unspecified atom stereocenters. The van der Waals surface area contributed by atoms with Gasteiger partial charge in [0.05, 0.1) is 6.61 Å². The van der Waals surface area contributed by atoms with Gasteiger partial charge in [-0.25, -0.2) is 0 Å². The molecular formula is C16H32O6. The lowest BCUT2D eigenvalue weighted by atomic mass is 10.1. The van der Waals surface area contributed by atoms with Crippen LogP contribution < -0.4 is 0 Å². The van der Waals surface area contributed by atoms with Crippen molar-refractivity contribution >= 4 is 0 Å². The van der Waals surface area contributed by atoms with E-state index >= 15 is 0 Å². The maximum Gasteiger partial charge on any atom is 0.184 e. The highest BCUT2D eigenvalue weighted by molar-refractivity contribution is 4.91. The average Bonchev–Trinajstić information content (AvgIpc) is 2.80. The summed E-state index contributed by atoms with van der Waals surface area (Å²) in [6.45, 7) is 2.12. The minimum absolute atomic E-state index is 0.443. The zero-order chi connectivity index (χ0) is 16.4. The summed E-state index contributed by atoms with van der Waals surface area (Å²) < 4.78 is 10.5. The fourth-order valence-corrected chi connectivity index (χ4v) is 2.73. The van der Waals surface area contributed by atoms with Crippen molar-refractivity contribution < 1.29 is 29.9 Å². The van der Waals surface area contributed by atoms with E-state index in [-0.39, 0.29) is 0 Å². The standard InChI is InChI=1S/C16H32O6/c1-2-3-4-5-6-7-8-9-10-21-15-13(19)14(12(18)11-17)22-16(15)20/h12-20H,2-11H2,1H3/t12-,13+,14+,15-,16+/m1/s1. The lowest BCUT2D eigenvalue weighted by Crippen LogP contribution is -2.41. The van der Waals surface area contributed by atoms with E-state index in [1.165, 1.54) is 38.5 Å². The fourth-order valence-electron chi connectivity index (χ4n) is 2.73. The molecule has 1 aliphatic heterocycles. The number of aliphatic hydroxyl groups is 4. The molecule has 6 nitrogen and oxygen atoms in total. The molecule has 5 atom stereocenters. The van der Waals surface area contributed by atoms with E-state index in [9.17, 15) is 15.3 Å². The molecule has 1 fully saturated rings. The van der Waals surface area contributed by atoms with Gasteiger partial charge in [0.25, 0.3) is 0 Å². The third-order valence-electron chi connectivity index (χ3n) is 4.13. The van der Waals surface area contributed by atoms with Gasteiger partial charge in [0.15, 0.2) is 6.29 Å². The van der Waals surface area contributed by atoms with E-state index in [0.29, 0.717) is 6.61 Å². The van der Waals surface area contributed by atoms with Gasteiger partial charge < -0.3 is 29.9 Å². The van der Waals surface area contributed by atoms with Gasteiger partial charge in [0.2, 0.25) is 0 Å². The van der Waals surface area contributed by atoms with Crippen LogP contribution in [0, 0.1) is 0 Å². The monoisotopic (exact) mass is 320 g/mol. The molecule has 0 aliphatic carbocycles. The Hall–Kier alpha value is -0.240. The molecule has 0 amide bonds. The van der Waals surface area contributed by atoms with Gasteiger partial charge in [-0.3, -0.25) is 0 Å². The summed E-state index contributed by atoms with van der Waals surface area (Å²) in [5.41, 5.74) is 0. The molecule has 0 aromatic carbocycles. The molecule has 0 spiro atoms. The van der Waals surface area contributed by atoms with Crippen molar-refractivity contribution in [3.8, 4) is 0 Å². The minimum atomic E-state index is -1.27. The number of aliphatic hydroxyl groups excluding tert-OH is 4. The lowest BCUT2D eigenvalue weighted by molar-refractivity contribution is -0.159. The molecule has 0 bridgehead atoms. The second-order valence-electron chi connectivity index (χ2n) is 6.04. The van der Waals surface area contributed by atoms with Gasteiger partial charge in [-0.05, 0) is 6.42 Å². The van der Waals surface area contributed by atoms with Crippen LogP contribution in [0.1, 0.15) is 58.3 Å². The van der Waals surface area contributed by atoms with Gasteiger partial charge in [0, 0.05) is 6.61 Å². The first-order chi connectivity index (χ1) is 10.6. The van der Waals surface area contributed by atoms with E-state index in [0.717, 1.165) is 12.8 Å². The molecule has 132 valence electrons. The predicted octanol–water partition coefficient (Wildman–Crippen LogP) is 0.944. The summed E-state index contributed by atoms with van der Waals surface area (Å²) in [5.74, 6) is 0. The molecule has 0 radical (unpaired) electrons. The zero-order valence-electron chi connectivity index (χ0n) is 13.6. The Morgan fingerprint density at radius 2 is 1.59 bits per heavy atom. The molecule has 4 N–H and O–H groups in total. The van der Waals surface area contributed by atoms with Gasteiger partial charge in [-0.15, -0.1) is 0 Å². The number of ether oxygens (including phenoxy) is 2. The van der Waals surface area contributed by atoms with Crippen molar-refractivity contribution in [2.45, 2.75) is 89.0 Å². The molecular weight excluding hydrogens is 288 g/mol. The Bertz CT molecular complexity index is 275.